The van der Waals surface area contributed by atoms with Gasteiger partial charge in [-0.3, -0.25) is 4.57 Å². The molecule has 4 aromatic rings. The molecule has 4 aromatic heterocycles. The fourth-order valence-electron chi connectivity index (χ4n) is 3.37. The first-order valence-electron chi connectivity index (χ1n) is 10.9. The first-order valence-corrected chi connectivity index (χ1v) is 11.2. The minimum absolute atomic E-state index is 0.0313. The standard InChI is InChI=1S/C21H17ClF5N7O5/c1-4-33-11(7-35)32-34(20(33)36)16-14(24)9-5-29-31-18(12(9)17(30-16)38-8(2)21(25,26)27)39-15-10(23)6-28-19(37-3)13(15)22/h5-6,8,35H,4,7H2,1-3H3/t8-/m0/s1. The van der Waals surface area contributed by atoms with Crippen molar-refractivity contribution in [3.05, 3.63) is 45.4 Å². The molecule has 0 spiro atoms. The number of fused-ring (bicyclic) bond motifs is 1. The van der Waals surface area contributed by atoms with E-state index in [2.05, 4.69) is 25.3 Å². The van der Waals surface area contributed by atoms with Gasteiger partial charge in [0.1, 0.15) is 17.0 Å². The molecule has 208 valence electrons. The number of rotatable bonds is 8. The Morgan fingerprint density at radius 3 is 2.49 bits per heavy atom. The van der Waals surface area contributed by atoms with Gasteiger partial charge in [-0.1, -0.05) is 11.6 Å². The van der Waals surface area contributed by atoms with Crippen molar-refractivity contribution < 1.29 is 41.3 Å². The largest absolute Gasteiger partial charge is 0.480 e. The van der Waals surface area contributed by atoms with Gasteiger partial charge in [-0.25, -0.2) is 18.6 Å². The number of aromatic nitrogens is 7. The summed E-state index contributed by atoms with van der Waals surface area (Å²) < 4.78 is 87.3. The molecular weight excluding hydrogens is 561 g/mol. The molecule has 0 aliphatic carbocycles. The third-order valence-electron chi connectivity index (χ3n) is 5.31. The zero-order chi connectivity index (χ0) is 28.6. The first-order chi connectivity index (χ1) is 18.4. The Bertz CT molecular complexity index is 1610. The van der Waals surface area contributed by atoms with E-state index >= 15 is 4.39 Å². The number of aliphatic hydroxyl groups excluding tert-OH is 1. The Morgan fingerprint density at radius 1 is 1.18 bits per heavy atom. The lowest BCUT2D eigenvalue weighted by atomic mass is 10.2. The van der Waals surface area contributed by atoms with Crippen LogP contribution in [0.1, 0.15) is 19.7 Å². The molecule has 0 amide bonds. The Kier molecular flexibility index (Phi) is 7.56. The highest BCUT2D eigenvalue weighted by atomic mass is 35.5. The monoisotopic (exact) mass is 577 g/mol. The van der Waals surface area contributed by atoms with Crippen molar-refractivity contribution >= 4 is 22.4 Å². The molecule has 0 aromatic carbocycles. The van der Waals surface area contributed by atoms with E-state index < -0.39 is 75.3 Å². The van der Waals surface area contributed by atoms with Gasteiger partial charge in [-0.2, -0.15) is 27.9 Å². The van der Waals surface area contributed by atoms with E-state index in [0.717, 1.165) is 10.8 Å². The van der Waals surface area contributed by atoms with Gasteiger partial charge in [0.15, 0.2) is 35.1 Å². The smallest absolute Gasteiger partial charge is 0.425 e. The predicted octanol–water partition coefficient (Wildman–Crippen LogP) is 3.34. The molecular formula is C21H17ClF5N7O5. The van der Waals surface area contributed by atoms with Gasteiger partial charge in [0, 0.05) is 6.54 Å². The number of halogens is 6. The van der Waals surface area contributed by atoms with Crippen molar-refractivity contribution in [1.82, 2.24) is 34.5 Å². The van der Waals surface area contributed by atoms with Crippen LogP contribution >= 0.6 is 11.6 Å². The quantitative estimate of drug-likeness (QED) is 0.310. The van der Waals surface area contributed by atoms with Crippen LogP contribution in [-0.4, -0.2) is 59.0 Å². The van der Waals surface area contributed by atoms with Gasteiger partial charge in [-0.15, -0.1) is 10.2 Å². The SMILES string of the molecule is CCn1c(CO)nn(-c2nc(O[C@@H](C)C(F)(F)F)c3c(Oc4c(F)cnc(OC)c4Cl)nncc3c2F)c1=O. The van der Waals surface area contributed by atoms with Crippen molar-refractivity contribution in [2.45, 2.75) is 39.3 Å². The lowest BCUT2D eigenvalue weighted by Crippen LogP contribution is -2.32. The summed E-state index contributed by atoms with van der Waals surface area (Å²) in [4.78, 5) is 20.2. The number of pyridine rings is 2. The van der Waals surface area contributed by atoms with E-state index in [1.807, 2.05) is 0 Å². The van der Waals surface area contributed by atoms with Crippen LogP contribution in [-0.2, 0) is 13.2 Å². The molecule has 1 N–H and O–H groups in total. The van der Waals surface area contributed by atoms with E-state index in [9.17, 15) is 27.5 Å². The molecule has 0 aliphatic rings. The summed E-state index contributed by atoms with van der Waals surface area (Å²) in [7, 11) is 1.18. The molecule has 39 heavy (non-hydrogen) atoms. The van der Waals surface area contributed by atoms with Gasteiger partial charge in [-0.05, 0) is 13.8 Å². The number of hydrogen-bond donors (Lipinski definition) is 1. The molecule has 1 atom stereocenters. The highest BCUT2D eigenvalue weighted by molar-refractivity contribution is 6.33. The van der Waals surface area contributed by atoms with Crippen LogP contribution in [0.5, 0.6) is 23.4 Å². The molecule has 0 unspecified atom stereocenters. The third kappa shape index (κ3) is 5.01. The van der Waals surface area contributed by atoms with E-state index in [1.54, 1.807) is 6.92 Å². The van der Waals surface area contributed by atoms with Gasteiger partial charge in [0.05, 0.1) is 24.9 Å². The Hall–Kier alpha value is -4.12. The van der Waals surface area contributed by atoms with Gasteiger partial charge in [0.2, 0.25) is 11.8 Å². The lowest BCUT2D eigenvalue weighted by Gasteiger charge is -2.19. The summed E-state index contributed by atoms with van der Waals surface area (Å²) in [5, 5.41) is 18.9. The molecule has 18 heteroatoms. The maximum absolute atomic E-state index is 15.8. The summed E-state index contributed by atoms with van der Waals surface area (Å²) in [5.74, 6) is -6.07. The van der Waals surface area contributed by atoms with Gasteiger partial charge >= 0.3 is 11.9 Å². The van der Waals surface area contributed by atoms with Crippen molar-refractivity contribution in [2.75, 3.05) is 7.11 Å². The Morgan fingerprint density at radius 2 is 1.90 bits per heavy atom. The summed E-state index contributed by atoms with van der Waals surface area (Å²) in [6.45, 7) is 1.53. The molecule has 0 fully saturated rings. The molecule has 0 saturated heterocycles. The van der Waals surface area contributed by atoms with Crippen LogP contribution in [0.4, 0.5) is 22.0 Å². The fourth-order valence-corrected chi connectivity index (χ4v) is 3.62. The van der Waals surface area contributed by atoms with E-state index in [4.69, 9.17) is 25.8 Å². The summed E-state index contributed by atoms with van der Waals surface area (Å²) >= 11 is 6.06. The number of hydrogen-bond acceptors (Lipinski definition) is 10. The molecule has 0 aliphatic heterocycles. The molecule has 4 rings (SSSR count). The van der Waals surface area contributed by atoms with Crippen molar-refractivity contribution in [1.29, 1.82) is 0 Å². The zero-order valence-electron chi connectivity index (χ0n) is 20.1. The fraction of sp³-hybridized carbons (Fsp3) is 0.333. The number of nitrogens with zero attached hydrogens (tertiary/aromatic N) is 7. The summed E-state index contributed by atoms with van der Waals surface area (Å²) in [6, 6.07) is 0. The number of ether oxygens (including phenoxy) is 3. The highest BCUT2D eigenvalue weighted by Gasteiger charge is 2.39. The molecule has 0 bridgehead atoms. The molecule has 0 saturated carbocycles. The lowest BCUT2D eigenvalue weighted by molar-refractivity contribution is -0.189. The normalized spacial score (nSPS) is 12.6. The second kappa shape index (κ2) is 10.6. The second-order valence-corrected chi connectivity index (χ2v) is 8.05. The van der Waals surface area contributed by atoms with Crippen LogP contribution in [0.2, 0.25) is 5.02 Å². The maximum Gasteiger partial charge on any atom is 0.425 e. The summed E-state index contributed by atoms with van der Waals surface area (Å²) in [5.41, 5.74) is -0.946. The van der Waals surface area contributed by atoms with Crippen LogP contribution < -0.4 is 19.9 Å². The first kappa shape index (κ1) is 27.9. The van der Waals surface area contributed by atoms with Crippen LogP contribution in [0.3, 0.4) is 0 Å². The summed E-state index contributed by atoms with van der Waals surface area (Å²) in [6.07, 6.45) is -5.91. The average Bonchev–Trinajstić information content (AvgIpc) is 3.22. The third-order valence-corrected chi connectivity index (χ3v) is 5.64. The van der Waals surface area contributed by atoms with E-state index in [0.29, 0.717) is 17.8 Å². The predicted molar refractivity (Wildman–Crippen MR) is 122 cm³/mol. The highest BCUT2D eigenvalue weighted by Crippen LogP contribution is 2.41. The molecule has 12 nitrogen and oxygen atoms in total. The van der Waals surface area contributed by atoms with Gasteiger partial charge < -0.3 is 19.3 Å². The molecule has 0 radical (unpaired) electrons. The van der Waals surface area contributed by atoms with Crippen molar-refractivity contribution in [2.24, 2.45) is 0 Å². The number of methoxy groups -OCH3 is 1. The second-order valence-electron chi connectivity index (χ2n) is 7.67. The Labute approximate surface area is 219 Å². The van der Waals surface area contributed by atoms with Crippen molar-refractivity contribution in [3.8, 4) is 29.2 Å². The minimum atomic E-state index is -4.90. The van der Waals surface area contributed by atoms with Crippen molar-refractivity contribution in [3.63, 3.8) is 0 Å². The average molecular weight is 578 g/mol. The maximum atomic E-state index is 15.8. The van der Waals surface area contributed by atoms with Crippen LogP contribution in [0.15, 0.2) is 17.2 Å². The Balaban J connectivity index is 2.01. The van der Waals surface area contributed by atoms with Gasteiger partial charge in [0.25, 0.3) is 5.88 Å². The van der Waals surface area contributed by atoms with Crippen LogP contribution in [0.25, 0.3) is 16.6 Å². The minimum Gasteiger partial charge on any atom is -0.480 e. The molecule has 4 heterocycles. The topological polar surface area (TPSA) is 139 Å². The van der Waals surface area contributed by atoms with E-state index in [-0.39, 0.29) is 18.2 Å². The number of alkyl halides is 3. The zero-order valence-corrected chi connectivity index (χ0v) is 20.9. The van der Waals surface area contributed by atoms with Crippen LogP contribution in [0, 0.1) is 11.6 Å². The number of aliphatic hydroxyl groups is 1. The van der Waals surface area contributed by atoms with E-state index in [1.165, 1.54) is 7.11 Å².